The summed E-state index contributed by atoms with van der Waals surface area (Å²) in [7, 11) is 1.75. The summed E-state index contributed by atoms with van der Waals surface area (Å²) in [5.74, 6) is -0.400. The monoisotopic (exact) mass is 279 g/mol. The molecule has 3 N–H and O–H groups in total. The number of carbonyl (C=O) groups excluding carboxylic acids is 1. The molecule has 2 rings (SSSR count). The molecule has 110 valence electrons. The second-order valence-corrected chi connectivity index (χ2v) is 5.33. The highest BCUT2D eigenvalue weighted by molar-refractivity contribution is 5.86. The molecule has 1 fully saturated rings. The molecule has 1 unspecified atom stereocenters. The Morgan fingerprint density at radius 3 is 2.60 bits per heavy atom. The summed E-state index contributed by atoms with van der Waals surface area (Å²) in [6, 6.07) is 6.62. The lowest BCUT2D eigenvalue weighted by Crippen LogP contribution is -2.62. The predicted octanol–water partition coefficient (Wildman–Crippen LogP) is 1.51. The fraction of sp³-hybridized carbons (Fsp3) is 0.533. The van der Waals surface area contributed by atoms with Crippen molar-refractivity contribution in [2.24, 2.45) is 11.7 Å². The van der Waals surface area contributed by atoms with E-state index in [4.69, 9.17) is 5.73 Å². The number of halogens is 1. The Morgan fingerprint density at radius 1 is 1.50 bits per heavy atom. The number of benzene rings is 1. The third kappa shape index (κ3) is 2.63. The summed E-state index contributed by atoms with van der Waals surface area (Å²) in [5, 5.41) is 3.09. The molecule has 1 aliphatic carbocycles. The number of hydrogen-bond donors (Lipinski definition) is 2. The smallest absolute Gasteiger partial charge is 0.239 e. The van der Waals surface area contributed by atoms with E-state index in [9.17, 15) is 9.18 Å². The van der Waals surface area contributed by atoms with Crippen LogP contribution in [0.4, 0.5) is 10.1 Å². The molecule has 0 aromatic heterocycles. The van der Waals surface area contributed by atoms with Crippen molar-refractivity contribution in [1.82, 2.24) is 5.32 Å². The Bertz CT molecular complexity index is 490. The summed E-state index contributed by atoms with van der Waals surface area (Å²) in [5.41, 5.74) is 5.35. The molecular formula is C15H22FN3O. The average molecular weight is 279 g/mol. The van der Waals surface area contributed by atoms with Gasteiger partial charge in [-0.15, -0.1) is 0 Å². The lowest BCUT2D eigenvalue weighted by atomic mass is 9.91. The van der Waals surface area contributed by atoms with E-state index in [0.717, 1.165) is 12.8 Å². The molecule has 0 saturated heterocycles. The summed E-state index contributed by atoms with van der Waals surface area (Å²) < 4.78 is 13.9. The van der Waals surface area contributed by atoms with Crippen LogP contribution in [0.3, 0.4) is 0 Å². The van der Waals surface area contributed by atoms with Crippen LogP contribution in [-0.4, -0.2) is 31.6 Å². The molecule has 4 nitrogen and oxygen atoms in total. The van der Waals surface area contributed by atoms with Gasteiger partial charge in [0.25, 0.3) is 0 Å². The van der Waals surface area contributed by atoms with Crippen LogP contribution in [0, 0.1) is 11.7 Å². The van der Waals surface area contributed by atoms with Crippen LogP contribution in [-0.2, 0) is 4.79 Å². The molecule has 1 saturated carbocycles. The first-order chi connectivity index (χ1) is 9.55. The van der Waals surface area contributed by atoms with Crippen molar-refractivity contribution >= 4 is 11.6 Å². The lowest BCUT2D eigenvalue weighted by molar-refractivity contribution is -0.124. The molecule has 1 atom stereocenters. The van der Waals surface area contributed by atoms with Gasteiger partial charge in [0.15, 0.2) is 0 Å². The zero-order chi connectivity index (χ0) is 14.8. The second-order valence-electron chi connectivity index (χ2n) is 5.33. The highest BCUT2D eigenvalue weighted by Gasteiger charge is 2.49. The molecule has 0 aliphatic heterocycles. The molecule has 1 aromatic rings. The van der Waals surface area contributed by atoms with Crippen molar-refractivity contribution in [2.75, 3.05) is 25.0 Å². The number of likely N-dealkylation sites (N-methyl/N-ethyl adjacent to an activating group) is 2. The van der Waals surface area contributed by atoms with Crippen LogP contribution in [0.15, 0.2) is 24.3 Å². The van der Waals surface area contributed by atoms with E-state index in [1.807, 2.05) is 11.8 Å². The number of carbonyl (C=O) groups is 1. The van der Waals surface area contributed by atoms with Crippen molar-refractivity contribution in [2.45, 2.75) is 25.3 Å². The standard InChI is InChI=1S/C15H22FN3O/c1-3-19(13-7-5-4-6-12(13)16)10-15(18-2,14(17)20)11-8-9-11/h4-7,11,18H,3,8-10H2,1-2H3,(H2,17,20). The number of primary amides is 1. The maximum absolute atomic E-state index is 13.9. The van der Waals surface area contributed by atoms with E-state index in [0.29, 0.717) is 18.8 Å². The van der Waals surface area contributed by atoms with Crippen LogP contribution in [0.1, 0.15) is 19.8 Å². The Labute approximate surface area is 119 Å². The Morgan fingerprint density at radius 2 is 2.15 bits per heavy atom. The highest BCUT2D eigenvalue weighted by atomic mass is 19.1. The molecule has 0 bridgehead atoms. The Kier molecular flexibility index (Phi) is 4.28. The topological polar surface area (TPSA) is 58.4 Å². The number of para-hydroxylation sites is 1. The first kappa shape index (κ1) is 14.8. The number of nitrogens with zero attached hydrogens (tertiary/aromatic N) is 1. The Balaban J connectivity index is 2.28. The Hall–Kier alpha value is -1.62. The molecule has 1 amide bonds. The number of anilines is 1. The number of nitrogens with two attached hydrogens (primary N) is 1. The molecule has 20 heavy (non-hydrogen) atoms. The molecule has 1 aliphatic rings. The van der Waals surface area contributed by atoms with Gasteiger partial charge < -0.3 is 16.0 Å². The number of nitrogens with one attached hydrogen (secondary N) is 1. The van der Waals surface area contributed by atoms with Crippen LogP contribution in [0.25, 0.3) is 0 Å². The van der Waals surface area contributed by atoms with Gasteiger partial charge in [-0.1, -0.05) is 12.1 Å². The number of hydrogen-bond acceptors (Lipinski definition) is 3. The number of rotatable bonds is 7. The zero-order valence-electron chi connectivity index (χ0n) is 12.0. The van der Waals surface area contributed by atoms with E-state index < -0.39 is 5.54 Å². The van der Waals surface area contributed by atoms with Crippen molar-refractivity contribution < 1.29 is 9.18 Å². The maximum Gasteiger partial charge on any atom is 0.239 e. The third-order valence-corrected chi connectivity index (χ3v) is 4.18. The predicted molar refractivity (Wildman–Crippen MR) is 78.0 cm³/mol. The summed E-state index contributed by atoms with van der Waals surface area (Å²) in [6.45, 7) is 2.95. The van der Waals surface area contributed by atoms with Crippen LogP contribution in [0.2, 0.25) is 0 Å². The molecule has 1 aromatic carbocycles. The van der Waals surface area contributed by atoms with E-state index in [1.54, 1.807) is 25.2 Å². The second kappa shape index (κ2) is 5.79. The van der Waals surface area contributed by atoms with Crippen molar-refractivity contribution in [3.63, 3.8) is 0 Å². The van der Waals surface area contributed by atoms with Gasteiger partial charge in [-0.05, 0) is 44.9 Å². The van der Waals surface area contributed by atoms with Gasteiger partial charge >= 0.3 is 0 Å². The van der Waals surface area contributed by atoms with E-state index in [1.165, 1.54) is 6.07 Å². The van der Waals surface area contributed by atoms with Gasteiger partial charge in [0.05, 0.1) is 5.69 Å². The quantitative estimate of drug-likeness (QED) is 0.795. The van der Waals surface area contributed by atoms with Crippen molar-refractivity contribution in [1.29, 1.82) is 0 Å². The first-order valence-corrected chi connectivity index (χ1v) is 7.03. The number of amides is 1. The van der Waals surface area contributed by atoms with Gasteiger partial charge in [0.2, 0.25) is 5.91 Å². The van der Waals surface area contributed by atoms with Gasteiger partial charge in [-0.25, -0.2) is 4.39 Å². The van der Waals surface area contributed by atoms with Crippen molar-refractivity contribution in [3.8, 4) is 0 Å². The van der Waals surface area contributed by atoms with Crippen LogP contribution in [0.5, 0.6) is 0 Å². The van der Waals surface area contributed by atoms with E-state index in [2.05, 4.69) is 5.32 Å². The maximum atomic E-state index is 13.9. The first-order valence-electron chi connectivity index (χ1n) is 7.03. The summed E-state index contributed by atoms with van der Waals surface area (Å²) in [4.78, 5) is 13.8. The minimum atomic E-state index is -0.779. The minimum absolute atomic E-state index is 0.242. The molecule has 0 radical (unpaired) electrons. The summed E-state index contributed by atoms with van der Waals surface area (Å²) >= 11 is 0. The fourth-order valence-corrected chi connectivity index (χ4v) is 2.77. The fourth-order valence-electron chi connectivity index (χ4n) is 2.77. The molecule has 0 spiro atoms. The lowest BCUT2D eigenvalue weighted by Gasteiger charge is -2.37. The SMILES string of the molecule is CCN(CC(NC)(C(N)=O)C1CC1)c1ccccc1F. The highest BCUT2D eigenvalue weighted by Crippen LogP contribution is 2.40. The van der Waals surface area contributed by atoms with Crippen molar-refractivity contribution in [3.05, 3.63) is 30.1 Å². The minimum Gasteiger partial charge on any atom is -0.368 e. The van der Waals surface area contributed by atoms with Gasteiger partial charge in [0.1, 0.15) is 11.4 Å². The summed E-state index contributed by atoms with van der Waals surface area (Å²) in [6.07, 6.45) is 1.97. The van der Waals surface area contributed by atoms with E-state index >= 15 is 0 Å². The third-order valence-electron chi connectivity index (χ3n) is 4.18. The normalized spacial score (nSPS) is 17.6. The van der Waals surface area contributed by atoms with E-state index in [-0.39, 0.29) is 17.6 Å². The molecule has 0 heterocycles. The van der Waals surface area contributed by atoms with Crippen LogP contribution >= 0.6 is 0 Å². The van der Waals surface area contributed by atoms with Gasteiger partial charge in [0, 0.05) is 13.1 Å². The van der Waals surface area contributed by atoms with Crippen LogP contribution < -0.4 is 16.0 Å². The largest absolute Gasteiger partial charge is 0.368 e. The average Bonchev–Trinajstić information content (AvgIpc) is 3.26. The molecule has 5 heteroatoms. The molecular weight excluding hydrogens is 257 g/mol. The van der Waals surface area contributed by atoms with Gasteiger partial charge in [-0.2, -0.15) is 0 Å². The van der Waals surface area contributed by atoms with Gasteiger partial charge in [-0.3, -0.25) is 4.79 Å². The zero-order valence-corrected chi connectivity index (χ0v) is 12.0.